The number of hydrogen-bond acceptors (Lipinski definition) is 3. The fourth-order valence-corrected chi connectivity index (χ4v) is 3.09. The Morgan fingerprint density at radius 1 is 1.35 bits per heavy atom. The lowest BCUT2D eigenvalue weighted by Crippen LogP contribution is -2.52. The van der Waals surface area contributed by atoms with Crippen LogP contribution in [0.15, 0.2) is 24.3 Å². The van der Waals surface area contributed by atoms with Crippen LogP contribution < -0.4 is 5.32 Å². The summed E-state index contributed by atoms with van der Waals surface area (Å²) in [5.74, 6) is -0.899. The van der Waals surface area contributed by atoms with Crippen LogP contribution in [0.3, 0.4) is 0 Å². The zero-order valence-corrected chi connectivity index (χ0v) is 12.4. The summed E-state index contributed by atoms with van der Waals surface area (Å²) in [5.41, 5.74) is 0.362. The van der Waals surface area contributed by atoms with E-state index < -0.39 is 11.3 Å². The molecule has 0 aliphatic carbocycles. The number of carbonyl (C=O) groups excluding carboxylic acids is 2. The number of amides is 2. The van der Waals surface area contributed by atoms with Gasteiger partial charge in [0.05, 0.1) is 12.5 Å². The number of hydrogen-bond donors (Lipinski definition) is 1. The lowest BCUT2D eigenvalue weighted by Gasteiger charge is -2.41. The standard InChI is InChI=1S/C15H18ClNO3/c1-3-15(9-20-2)8-12(18)17-14(19)13(15)10-4-6-11(16)7-5-10/h4-7,13H,3,8-9H2,1-2H3,(H,17,18,19). The molecule has 1 aliphatic rings. The second-order valence-electron chi connectivity index (χ2n) is 5.22. The molecule has 1 fully saturated rings. The van der Waals surface area contributed by atoms with Crippen molar-refractivity contribution in [3.05, 3.63) is 34.9 Å². The molecule has 2 amide bonds. The molecule has 0 bridgehead atoms. The summed E-state index contributed by atoms with van der Waals surface area (Å²) in [6, 6.07) is 7.19. The molecule has 1 aliphatic heterocycles. The van der Waals surface area contributed by atoms with E-state index in [0.717, 1.165) is 5.56 Å². The van der Waals surface area contributed by atoms with Crippen LogP contribution in [0.4, 0.5) is 0 Å². The number of carbonyl (C=O) groups is 2. The Morgan fingerprint density at radius 2 is 2.00 bits per heavy atom. The van der Waals surface area contributed by atoms with Gasteiger partial charge in [-0.25, -0.2) is 0 Å². The zero-order valence-electron chi connectivity index (χ0n) is 11.6. The average molecular weight is 296 g/mol. The molecule has 0 spiro atoms. The Hall–Kier alpha value is -1.39. The SMILES string of the molecule is CCC1(COC)CC(=O)NC(=O)C1c1ccc(Cl)cc1. The normalized spacial score (nSPS) is 26.4. The van der Waals surface area contributed by atoms with Crippen molar-refractivity contribution in [2.75, 3.05) is 13.7 Å². The van der Waals surface area contributed by atoms with Crippen molar-refractivity contribution in [2.24, 2.45) is 5.41 Å². The first-order chi connectivity index (χ1) is 9.52. The molecule has 1 aromatic carbocycles. The molecule has 0 saturated carbocycles. The molecule has 1 aromatic rings. The molecule has 2 atom stereocenters. The highest BCUT2D eigenvalue weighted by atomic mass is 35.5. The molecule has 5 heteroatoms. The first-order valence-corrected chi connectivity index (χ1v) is 6.98. The van der Waals surface area contributed by atoms with Crippen LogP contribution in [-0.4, -0.2) is 25.5 Å². The fraction of sp³-hybridized carbons (Fsp3) is 0.467. The van der Waals surface area contributed by atoms with E-state index in [9.17, 15) is 9.59 Å². The Balaban J connectivity index is 2.46. The van der Waals surface area contributed by atoms with E-state index in [-0.39, 0.29) is 18.2 Å². The molecule has 0 radical (unpaired) electrons. The van der Waals surface area contributed by atoms with Gasteiger partial charge in [-0.2, -0.15) is 0 Å². The van der Waals surface area contributed by atoms with Crippen LogP contribution in [0, 0.1) is 5.41 Å². The monoisotopic (exact) mass is 295 g/mol. The van der Waals surface area contributed by atoms with Crippen LogP contribution in [-0.2, 0) is 14.3 Å². The molecule has 0 aromatic heterocycles. The second kappa shape index (κ2) is 5.94. The van der Waals surface area contributed by atoms with Gasteiger partial charge in [-0.3, -0.25) is 14.9 Å². The highest BCUT2D eigenvalue weighted by Crippen LogP contribution is 2.44. The summed E-state index contributed by atoms with van der Waals surface area (Å²) in [6.45, 7) is 2.35. The Morgan fingerprint density at radius 3 is 2.55 bits per heavy atom. The first-order valence-electron chi connectivity index (χ1n) is 6.60. The maximum absolute atomic E-state index is 12.3. The topological polar surface area (TPSA) is 55.4 Å². The van der Waals surface area contributed by atoms with Gasteiger partial charge in [0.1, 0.15) is 0 Å². The Labute approximate surface area is 123 Å². The van der Waals surface area contributed by atoms with E-state index in [1.807, 2.05) is 19.1 Å². The van der Waals surface area contributed by atoms with Crippen molar-refractivity contribution >= 4 is 23.4 Å². The third kappa shape index (κ3) is 2.72. The van der Waals surface area contributed by atoms with E-state index in [4.69, 9.17) is 16.3 Å². The van der Waals surface area contributed by atoms with E-state index >= 15 is 0 Å². The zero-order chi connectivity index (χ0) is 14.8. The molecule has 2 rings (SSSR count). The number of ether oxygens (including phenoxy) is 1. The van der Waals surface area contributed by atoms with Crippen LogP contribution >= 0.6 is 11.6 Å². The lowest BCUT2D eigenvalue weighted by atomic mass is 9.66. The molecule has 1 N–H and O–H groups in total. The van der Waals surface area contributed by atoms with Gasteiger partial charge in [0.2, 0.25) is 11.8 Å². The highest BCUT2D eigenvalue weighted by Gasteiger charge is 2.48. The van der Waals surface area contributed by atoms with Crippen molar-refractivity contribution in [3.63, 3.8) is 0 Å². The summed E-state index contributed by atoms with van der Waals surface area (Å²) in [6.07, 6.45) is 0.976. The average Bonchev–Trinajstić information content (AvgIpc) is 2.40. The maximum atomic E-state index is 12.3. The third-order valence-corrected chi connectivity index (χ3v) is 4.24. The molecule has 4 nitrogen and oxygen atoms in total. The van der Waals surface area contributed by atoms with Crippen LogP contribution in [0.5, 0.6) is 0 Å². The van der Waals surface area contributed by atoms with Crippen molar-refractivity contribution < 1.29 is 14.3 Å². The third-order valence-electron chi connectivity index (χ3n) is 3.99. The van der Waals surface area contributed by atoms with E-state index in [2.05, 4.69) is 5.32 Å². The van der Waals surface area contributed by atoms with Gasteiger partial charge in [-0.15, -0.1) is 0 Å². The van der Waals surface area contributed by atoms with Gasteiger partial charge in [-0.1, -0.05) is 30.7 Å². The lowest BCUT2D eigenvalue weighted by molar-refractivity contribution is -0.142. The van der Waals surface area contributed by atoms with Crippen molar-refractivity contribution in [1.29, 1.82) is 0 Å². The van der Waals surface area contributed by atoms with E-state index in [1.54, 1.807) is 19.2 Å². The fourth-order valence-electron chi connectivity index (χ4n) is 2.97. The van der Waals surface area contributed by atoms with E-state index in [1.165, 1.54) is 0 Å². The van der Waals surface area contributed by atoms with Crippen molar-refractivity contribution in [1.82, 2.24) is 5.32 Å². The molecule has 1 heterocycles. The quantitative estimate of drug-likeness (QED) is 0.868. The minimum absolute atomic E-state index is 0.237. The minimum Gasteiger partial charge on any atom is -0.384 e. The Kier molecular flexibility index (Phi) is 4.45. The van der Waals surface area contributed by atoms with Crippen molar-refractivity contribution in [3.8, 4) is 0 Å². The molecule has 20 heavy (non-hydrogen) atoms. The minimum atomic E-state index is -0.498. The summed E-state index contributed by atoms with van der Waals surface area (Å²) < 4.78 is 5.29. The first kappa shape index (κ1) is 15.0. The van der Waals surface area contributed by atoms with Gasteiger partial charge in [0.15, 0.2) is 0 Å². The molecule has 2 unspecified atom stereocenters. The number of nitrogens with one attached hydrogen (secondary N) is 1. The van der Waals surface area contributed by atoms with Gasteiger partial charge >= 0.3 is 0 Å². The van der Waals surface area contributed by atoms with E-state index in [0.29, 0.717) is 18.1 Å². The van der Waals surface area contributed by atoms with Crippen molar-refractivity contribution in [2.45, 2.75) is 25.7 Å². The van der Waals surface area contributed by atoms with Gasteiger partial charge in [0, 0.05) is 24.0 Å². The van der Waals surface area contributed by atoms with Gasteiger partial charge in [-0.05, 0) is 24.1 Å². The Bertz CT molecular complexity index is 514. The van der Waals surface area contributed by atoms with Gasteiger partial charge < -0.3 is 4.74 Å². The predicted molar refractivity (Wildman–Crippen MR) is 76.6 cm³/mol. The number of imide groups is 1. The van der Waals surface area contributed by atoms with Crippen LogP contribution in [0.1, 0.15) is 31.2 Å². The van der Waals surface area contributed by atoms with Crippen LogP contribution in [0.2, 0.25) is 5.02 Å². The highest BCUT2D eigenvalue weighted by molar-refractivity contribution is 6.30. The van der Waals surface area contributed by atoms with Gasteiger partial charge in [0.25, 0.3) is 0 Å². The smallest absolute Gasteiger partial charge is 0.234 e. The summed E-state index contributed by atoms with van der Waals surface area (Å²) in [5, 5.41) is 3.04. The predicted octanol–water partition coefficient (Wildman–Crippen LogP) is 2.51. The molecule has 108 valence electrons. The molecule has 1 saturated heterocycles. The van der Waals surface area contributed by atoms with Crippen LogP contribution in [0.25, 0.3) is 0 Å². The summed E-state index contributed by atoms with van der Waals surface area (Å²) >= 11 is 5.90. The second-order valence-corrected chi connectivity index (χ2v) is 5.66. The molecular formula is C15H18ClNO3. The number of halogens is 1. The molecular weight excluding hydrogens is 278 g/mol. The number of piperidine rings is 1. The summed E-state index contributed by atoms with van der Waals surface area (Å²) in [7, 11) is 1.59. The number of benzene rings is 1. The summed E-state index contributed by atoms with van der Waals surface area (Å²) in [4.78, 5) is 24.1. The largest absolute Gasteiger partial charge is 0.384 e. The number of rotatable bonds is 4. The maximum Gasteiger partial charge on any atom is 0.234 e. The number of methoxy groups -OCH3 is 1.